The summed E-state index contributed by atoms with van der Waals surface area (Å²) in [6.45, 7) is 3.04. The van der Waals surface area contributed by atoms with Crippen LogP contribution in [0.5, 0.6) is 5.75 Å². The highest BCUT2D eigenvalue weighted by atomic mass is 79.9. The summed E-state index contributed by atoms with van der Waals surface area (Å²) in [5.41, 5.74) is 0.689. The molecule has 0 unspecified atom stereocenters. The average molecular weight is 440 g/mol. The van der Waals surface area contributed by atoms with E-state index in [-0.39, 0.29) is 5.56 Å². The molecule has 0 aliphatic rings. The molecule has 7 heteroatoms. The molecular formula is C18H16BrClN2O2S. The summed E-state index contributed by atoms with van der Waals surface area (Å²) in [7, 11) is 0. The molecule has 0 fully saturated rings. The maximum atomic E-state index is 12.7. The maximum Gasteiger partial charge on any atom is 0.262 e. The van der Waals surface area contributed by atoms with Gasteiger partial charge in [0.15, 0.2) is 5.16 Å². The zero-order valence-corrected chi connectivity index (χ0v) is 16.7. The SMILES string of the molecule is CCn1c(SCCOc2ccc(Cl)cc2)nc2ccc(Br)cc2c1=O. The monoisotopic (exact) mass is 438 g/mol. The van der Waals surface area contributed by atoms with Crippen LogP contribution in [0.2, 0.25) is 5.02 Å². The smallest absolute Gasteiger partial charge is 0.262 e. The van der Waals surface area contributed by atoms with E-state index in [0.29, 0.717) is 40.0 Å². The Bertz CT molecular complexity index is 944. The summed E-state index contributed by atoms with van der Waals surface area (Å²) in [4.78, 5) is 17.3. The number of ether oxygens (including phenoxy) is 1. The van der Waals surface area contributed by atoms with Crippen molar-refractivity contribution in [3.05, 3.63) is 62.3 Å². The van der Waals surface area contributed by atoms with Gasteiger partial charge in [-0.1, -0.05) is 39.3 Å². The molecule has 0 N–H and O–H groups in total. The summed E-state index contributed by atoms with van der Waals surface area (Å²) in [5.74, 6) is 1.46. The number of nitrogens with zero attached hydrogens (tertiary/aromatic N) is 2. The van der Waals surface area contributed by atoms with Crippen LogP contribution in [0, 0.1) is 0 Å². The normalized spacial score (nSPS) is 11.0. The molecule has 3 rings (SSSR count). The third-order valence-electron chi connectivity index (χ3n) is 3.59. The Balaban J connectivity index is 1.73. The first-order valence-corrected chi connectivity index (χ1v) is 9.95. The van der Waals surface area contributed by atoms with Gasteiger partial charge in [0, 0.05) is 21.8 Å². The third kappa shape index (κ3) is 4.37. The zero-order chi connectivity index (χ0) is 17.8. The van der Waals surface area contributed by atoms with E-state index >= 15 is 0 Å². The Labute approximate surface area is 163 Å². The molecule has 3 aromatic rings. The molecule has 2 aromatic carbocycles. The highest BCUT2D eigenvalue weighted by Crippen LogP contribution is 2.21. The standard InChI is InChI=1S/C18H16BrClN2O2S/c1-2-22-17(23)15-11-12(19)3-8-16(15)21-18(22)25-10-9-24-14-6-4-13(20)5-7-14/h3-8,11H,2,9-10H2,1H3. The van der Waals surface area contributed by atoms with E-state index in [1.807, 2.05) is 37.3 Å². The van der Waals surface area contributed by atoms with Crippen LogP contribution in [0.4, 0.5) is 0 Å². The highest BCUT2D eigenvalue weighted by Gasteiger charge is 2.11. The molecule has 0 saturated carbocycles. The first-order chi connectivity index (χ1) is 12.1. The summed E-state index contributed by atoms with van der Waals surface area (Å²) < 4.78 is 8.26. The van der Waals surface area contributed by atoms with Gasteiger partial charge in [-0.15, -0.1) is 0 Å². The number of fused-ring (bicyclic) bond motifs is 1. The zero-order valence-electron chi connectivity index (χ0n) is 13.5. The molecule has 0 bridgehead atoms. The minimum Gasteiger partial charge on any atom is -0.493 e. The average Bonchev–Trinajstić information content (AvgIpc) is 2.61. The van der Waals surface area contributed by atoms with Gasteiger partial charge in [0.05, 0.1) is 17.5 Å². The van der Waals surface area contributed by atoms with Crippen molar-refractivity contribution in [3.8, 4) is 5.75 Å². The predicted octanol–water partition coefficient (Wildman–Crippen LogP) is 5.00. The number of hydrogen-bond acceptors (Lipinski definition) is 4. The molecule has 1 heterocycles. The van der Waals surface area contributed by atoms with Gasteiger partial charge < -0.3 is 4.74 Å². The molecule has 0 atom stereocenters. The molecule has 0 spiro atoms. The summed E-state index contributed by atoms with van der Waals surface area (Å²) >= 11 is 10.8. The molecule has 130 valence electrons. The van der Waals surface area contributed by atoms with E-state index in [1.54, 1.807) is 16.7 Å². The van der Waals surface area contributed by atoms with E-state index in [9.17, 15) is 4.79 Å². The van der Waals surface area contributed by atoms with Gasteiger partial charge in [-0.3, -0.25) is 9.36 Å². The van der Waals surface area contributed by atoms with Crippen LogP contribution in [-0.2, 0) is 6.54 Å². The first-order valence-electron chi connectivity index (χ1n) is 7.79. The van der Waals surface area contributed by atoms with Crippen molar-refractivity contribution in [2.75, 3.05) is 12.4 Å². The maximum absolute atomic E-state index is 12.7. The van der Waals surface area contributed by atoms with Gasteiger partial charge in [0.1, 0.15) is 5.75 Å². The molecule has 1 aromatic heterocycles. The number of thioether (sulfide) groups is 1. The van der Waals surface area contributed by atoms with Crippen LogP contribution >= 0.6 is 39.3 Å². The lowest BCUT2D eigenvalue weighted by Crippen LogP contribution is -2.22. The van der Waals surface area contributed by atoms with Crippen LogP contribution in [0.1, 0.15) is 6.92 Å². The lowest BCUT2D eigenvalue weighted by molar-refractivity contribution is 0.344. The Hall–Kier alpha value is -1.50. The van der Waals surface area contributed by atoms with E-state index < -0.39 is 0 Å². The summed E-state index contributed by atoms with van der Waals surface area (Å²) in [6, 6.07) is 12.8. The fraction of sp³-hybridized carbons (Fsp3) is 0.222. The Morgan fingerprint density at radius 3 is 2.72 bits per heavy atom. The molecule has 0 aliphatic carbocycles. The van der Waals surface area contributed by atoms with Gasteiger partial charge in [0.25, 0.3) is 5.56 Å². The molecular weight excluding hydrogens is 424 g/mol. The van der Waals surface area contributed by atoms with E-state index in [0.717, 1.165) is 10.2 Å². The van der Waals surface area contributed by atoms with Crippen LogP contribution in [0.25, 0.3) is 10.9 Å². The van der Waals surface area contributed by atoms with Gasteiger partial charge in [-0.05, 0) is 49.4 Å². The molecule has 0 radical (unpaired) electrons. The molecule has 0 aliphatic heterocycles. The predicted molar refractivity (Wildman–Crippen MR) is 107 cm³/mol. The molecule has 0 saturated heterocycles. The van der Waals surface area contributed by atoms with E-state index in [2.05, 4.69) is 20.9 Å². The second-order valence-electron chi connectivity index (χ2n) is 5.26. The van der Waals surface area contributed by atoms with Crippen LogP contribution < -0.4 is 10.3 Å². The fourth-order valence-electron chi connectivity index (χ4n) is 2.39. The van der Waals surface area contributed by atoms with Crippen molar-refractivity contribution >= 4 is 50.2 Å². The number of aromatic nitrogens is 2. The van der Waals surface area contributed by atoms with Gasteiger partial charge >= 0.3 is 0 Å². The largest absolute Gasteiger partial charge is 0.493 e. The van der Waals surface area contributed by atoms with E-state index in [1.165, 1.54) is 11.8 Å². The van der Waals surface area contributed by atoms with Crippen molar-refractivity contribution in [2.45, 2.75) is 18.6 Å². The minimum atomic E-state index is -0.0186. The topological polar surface area (TPSA) is 44.1 Å². The summed E-state index contributed by atoms with van der Waals surface area (Å²) in [6.07, 6.45) is 0. The molecule has 4 nitrogen and oxygen atoms in total. The first kappa shape index (κ1) is 18.3. The van der Waals surface area contributed by atoms with Crippen molar-refractivity contribution < 1.29 is 4.74 Å². The van der Waals surface area contributed by atoms with E-state index in [4.69, 9.17) is 16.3 Å². The highest BCUT2D eigenvalue weighted by molar-refractivity contribution is 9.10. The third-order valence-corrected chi connectivity index (χ3v) is 5.28. The van der Waals surface area contributed by atoms with Gasteiger partial charge in [0.2, 0.25) is 0 Å². The lowest BCUT2D eigenvalue weighted by atomic mass is 10.2. The number of benzene rings is 2. The van der Waals surface area contributed by atoms with Crippen LogP contribution in [0.15, 0.2) is 56.9 Å². The van der Waals surface area contributed by atoms with Gasteiger partial charge in [-0.25, -0.2) is 4.98 Å². The van der Waals surface area contributed by atoms with Crippen molar-refractivity contribution in [2.24, 2.45) is 0 Å². The Kier molecular flexibility index (Phi) is 6.04. The number of hydrogen-bond donors (Lipinski definition) is 0. The second kappa shape index (κ2) is 8.25. The lowest BCUT2D eigenvalue weighted by Gasteiger charge is -2.12. The molecule has 25 heavy (non-hydrogen) atoms. The second-order valence-corrected chi connectivity index (χ2v) is 7.67. The fourth-order valence-corrected chi connectivity index (χ4v) is 3.75. The Morgan fingerprint density at radius 1 is 1.24 bits per heavy atom. The number of halogens is 2. The van der Waals surface area contributed by atoms with Crippen LogP contribution in [-0.4, -0.2) is 21.9 Å². The van der Waals surface area contributed by atoms with Crippen LogP contribution in [0.3, 0.4) is 0 Å². The van der Waals surface area contributed by atoms with Crippen molar-refractivity contribution in [3.63, 3.8) is 0 Å². The minimum absolute atomic E-state index is 0.0186. The number of rotatable bonds is 6. The van der Waals surface area contributed by atoms with Crippen molar-refractivity contribution in [1.29, 1.82) is 0 Å². The Morgan fingerprint density at radius 2 is 2.00 bits per heavy atom. The summed E-state index contributed by atoms with van der Waals surface area (Å²) in [5, 5.41) is 2.01. The quantitative estimate of drug-likeness (QED) is 0.308. The van der Waals surface area contributed by atoms with Crippen molar-refractivity contribution in [1.82, 2.24) is 9.55 Å². The molecule has 0 amide bonds. The van der Waals surface area contributed by atoms with Gasteiger partial charge in [-0.2, -0.15) is 0 Å².